The second-order valence-electron chi connectivity index (χ2n) is 3.22. The lowest BCUT2D eigenvalue weighted by molar-refractivity contribution is -0.137. The van der Waals surface area contributed by atoms with E-state index in [2.05, 4.69) is 4.72 Å². The van der Waals surface area contributed by atoms with Crippen molar-refractivity contribution < 1.29 is 18.3 Å². The molecule has 0 saturated carbocycles. The minimum atomic E-state index is -3.43. The van der Waals surface area contributed by atoms with Crippen molar-refractivity contribution in [2.75, 3.05) is 20.1 Å². The average molecular weight is 238 g/mol. The molecule has 0 atom stereocenters. The molecule has 6 nitrogen and oxygen atoms in total. The van der Waals surface area contributed by atoms with Crippen LogP contribution in [-0.4, -0.2) is 43.9 Å². The van der Waals surface area contributed by atoms with E-state index in [4.69, 9.17) is 5.11 Å². The highest BCUT2D eigenvalue weighted by atomic mass is 32.2. The third kappa shape index (κ3) is 6.43. The Morgan fingerprint density at radius 3 is 2.53 bits per heavy atom. The van der Waals surface area contributed by atoms with Crippen molar-refractivity contribution >= 4 is 16.2 Å². The van der Waals surface area contributed by atoms with Gasteiger partial charge >= 0.3 is 5.97 Å². The summed E-state index contributed by atoms with van der Waals surface area (Å²) < 4.78 is 26.4. The first-order chi connectivity index (χ1) is 6.90. The van der Waals surface area contributed by atoms with Crippen LogP contribution in [0.15, 0.2) is 0 Å². The van der Waals surface area contributed by atoms with Crippen LogP contribution in [-0.2, 0) is 15.0 Å². The Balaban J connectivity index is 3.96. The van der Waals surface area contributed by atoms with E-state index in [9.17, 15) is 13.2 Å². The maximum Gasteiger partial charge on any atom is 0.303 e. The Hall–Kier alpha value is -0.660. The van der Waals surface area contributed by atoms with Gasteiger partial charge in [0.2, 0.25) is 0 Å². The summed E-state index contributed by atoms with van der Waals surface area (Å²) in [5.41, 5.74) is 0. The number of hydrogen-bond acceptors (Lipinski definition) is 3. The molecule has 15 heavy (non-hydrogen) atoms. The van der Waals surface area contributed by atoms with E-state index >= 15 is 0 Å². The predicted octanol–water partition coefficient (Wildman–Crippen LogP) is 0.0274. The lowest BCUT2D eigenvalue weighted by atomic mass is 10.3. The second-order valence-corrected chi connectivity index (χ2v) is 5.08. The van der Waals surface area contributed by atoms with Gasteiger partial charge in [-0.15, -0.1) is 0 Å². The van der Waals surface area contributed by atoms with Gasteiger partial charge in [0.1, 0.15) is 0 Å². The van der Waals surface area contributed by atoms with Gasteiger partial charge in [0.15, 0.2) is 0 Å². The summed E-state index contributed by atoms with van der Waals surface area (Å²) in [6.45, 7) is 2.48. The number of carbonyl (C=O) groups is 1. The Bertz CT molecular complexity index is 289. The van der Waals surface area contributed by atoms with Gasteiger partial charge in [-0.3, -0.25) is 4.79 Å². The van der Waals surface area contributed by atoms with Gasteiger partial charge in [0, 0.05) is 26.6 Å². The van der Waals surface area contributed by atoms with Crippen molar-refractivity contribution in [3.05, 3.63) is 0 Å². The van der Waals surface area contributed by atoms with Gasteiger partial charge < -0.3 is 5.11 Å². The predicted molar refractivity (Wildman–Crippen MR) is 56.7 cm³/mol. The SMILES string of the molecule is CCCNS(=O)(=O)N(C)CCCC(=O)O. The second kappa shape index (κ2) is 6.76. The van der Waals surface area contributed by atoms with Crippen LogP contribution in [0.2, 0.25) is 0 Å². The summed E-state index contributed by atoms with van der Waals surface area (Å²) in [7, 11) is -2.00. The highest BCUT2D eigenvalue weighted by molar-refractivity contribution is 7.87. The maximum absolute atomic E-state index is 11.4. The van der Waals surface area contributed by atoms with Crippen LogP contribution in [0.25, 0.3) is 0 Å². The van der Waals surface area contributed by atoms with Crippen molar-refractivity contribution in [2.45, 2.75) is 26.2 Å². The minimum absolute atomic E-state index is 0.0202. The fourth-order valence-corrected chi connectivity index (χ4v) is 1.97. The molecule has 90 valence electrons. The van der Waals surface area contributed by atoms with Crippen LogP contribution in [0.4, 0.5) is 0 Å². The van der Waals surface area contributed by atoms with Crippen LogP contribution in [0.1, 0.15) is 26.2 Å². The zero-order valence-electron chi connectivity index (χ0n) is 9.06. The minimum Gasteiger partial charge on any atom is -0.481 e. The van der Waals surface area contributed by atoms with E-state index in [1.807, 2.05) is 6.92 Å². The van der Waals surface area contributed by atoms with Gasteiger partial charge in [-0.25, -0.2) is 4.72 Å². The van der Waals surface area contributed by atoms with E-state index in [1.165, 1.54) is 7.05 Å². The van der Waals surface area contributed by atoms with Crippen LogP contribution in [0.5, 0.6) is 0 Å². The van der Waals surface area contributed by atoms with E-state index in [0.29, 0.717) is 13.0 Å². The molecule has 0 aromatic carbocycles. The number of nitrogens with one attached hydrogen (secondary N) is 1. The van der Waals surface area contributed by atoms with Crippen molar-refractivity contribution in [1.29, 1.82) is 0 Å². The summed E-state index contributed by atoms with van der Waals surface area (Å²) in [6.07, 6.45) is 1.02. The number of carboxylic acids is 1. The Morgan fingerprint density at radius 2 is 2.07 bits per heavy atom. The number of nitrogens with zero attached hydrogens (tertiary/aromatic N) is 1. The fourth-order valence-electron chi connectivity index (χ4n) is 0.914. The Kier molecular flexibility index (Phi) is 6.46. The van der Waals surface area contributed by atoms with E-state index in [0.717, 1.165) is 10.7 Å². The molecule has 2 N–H and O–H groups in total. The molecule has 0 aromatic rings. The lowest BCUT2D eigenvalue weighted by Gasteiger charge is -2.16. The standard InChI is InChI=1S/C8H18N2O4S/c1-3-6-9-15(13,14)10(2)7-4-5-8(11)12/h9H,3-7H2,1-2H3,(H,11,12). The van der Waals surface area contributed by atoms with Crippen molar-refractivity contribution in [3.8, 4) is 0 Å². The number of carboxylic acid groups (broad SMARTS) is 1. The highest BCUT2D eigenvalue weighted by Crippen LogP contribution is 1.98. The number of hydrogen-bond donors (Lipinski definition) is 2. The molecule has 0 amide bonds. The summed E-state index contributed by atoms with van der Waals surface area (Å²) in [5, 5.41) is 8.39. The van der Waals surface area contributed by atoms with Crippen molar-refractivity contribution in [3.63, 3.8) is 0 Å². The third-order valence-electron chi connectivity index (χ3n) is 1.81. The molecule has 0 rings (SSSR count). The van der Waals surface area contributed by atoms with E-state index in [1.54, 1.807) is 0 Å². The molecule has 0 aliphatic rings. The van der Waals surface area contributed by atoms with Gasteiger partial charge in [-0.2, -0.15) is 12.7 Å². The molecule has 0 saturated heterocycles. The fraction of sp³-hybridized carbons (Fsp3) is 0.875. The zero-order chi connectivity index (χ0) is 11.9. The highest BCUT2D eigenvalue weighted by Gasteiger charge is 2.15. The zero-order valence-corrected chi connectivity index (χ0v) is 9.88. The topological polar surface area (TPSA) is 86.7 Å². The number of rotatable bonds is 8. The third-order valence-corrected chi connectivity index (χ3v) is 3.38. The van der Waals surface area contributed by atoms with Gasteiger partial charge in [-0.1, -0.05) is 6.92 Å². The normalized spacial score (nSPS) is 11.9. The first-order valence-corrected chi connectivity index (χ1v) is 6.27. The first-order valence-electron chi connectivity index (χ1n) is 4.83. The largest absolute Gasteiger partial charge is 0.481 e. The molecule has 0 unspecified atom stereocenters. The van der Waals surface area contributed by atoms with Gasteiger partial charge in [0.25, 0.3) is 10.2 Å². The molecule has 7 heteroatoms. The summed E-state index contributed by atoms with van der Waals surface area (Å²) in [6, 6.07) is 0. The molecule has 0 aromatic heterocycles. The number of aliphatic carboxylic acids is 1. The quantitative estimate of drug-likeness (QED) is 0.624. The van der Waals surface area contributed by atoms with Crippen molar-refractivity contribution in [2.24, 2.45) is 0 Å². The molecule has 0 heterocycles. The van der Waals surface area contributed by atoms with Crippen LogP contribution in [0, 0.1) is 0 Å². The Labute approximate surface area is 90.5 Å². The molecule has 0 aliphatic heterocycles. The molecular weight excluding hydrogens is 220 g/mol. The molecule has 0 spiro atoms. The maximum atomic E-state index is 11.4. The summed E-state index contributed by atoms with van der Waals surface area (Å²) in [5.74, 6) is -0.915. The smallest absolute Gasteiger partial charge is 0.303 e. The van der Waals surface area contributed by atoms with E-state index < -0.39 is 16.2 Å². The molecule has 0 bridgehead atoms. The van der Waals surface area contributed by atoms with Gasteiger partial charge in [-0.05, 0) is 12.8 Å². The molecule has 0 radical (unpaired) electrons. The molecule has 0 aliphatic carbocycles. The van der Waals surface area contributed by atoms with E-state index in [-0.39, 0.29) is 13.0 Å². The van der Waals surface area contributed by atoms with Crippen LogP contribution < -0.4 is 4.72 Å². The first kappa shape index (κ1) is 14.3. The summed E-state index contributed by atoms with van der Waals surface area (Å²) in [4.78, 5) is 10.2. The Morgan fingerprint density at radius 1 is 1.47 bits per heavy atom. The van der Waals surface area contributed by atoms with Crippen LogP contribution >= 0.6 is 0 Å². The van der Waals surface area contributed by atoms with Gasteiger partial charge in [0.05, 0.1) is 0 Å². The monoisotopic (exact) mass is 238 g/mol. The van der Waals surface area contributed by atoms with Crippen LogP contribution in [0.3, 0.4) is 0 Å². The lowest BCUT2D eigenvalue weighted by Crippen LogP contribution is -2.39. The van der Waals surface area contributed by atoms with Crippen molar-refractivity contribution in [1.82, 2.24) is 9.03 Å². The molecule has 0 fully saturated rings. The summed E-state index contributed by atoms with van der Waals surface area (Å²) >= 11 is 0. The molecular formula is C8H18N2O4S. The average Bonchev–Trinajstić information content (AvgIpc) is 2.14.